The molecule has 0 fully saturated rings. The van der Waals surface area contributed by atoms with Crippen LogP contribution in [-0.2, 0) is 0 Å². The highest BCUT2D eigenvalue weighted by Crippen LogP contribution is 2.41. The van der Waals surface area contributed by atoms with E-state index in [1.54, 1.807) is 25.1 Å². The molecule has 11 heteroatoms. The number of fused-ring (bicyclic) bond motifs is 1. The standard InChI is InChI=1S/C22H21F2N5O4/c1-11(30)10-25-20-17-18(13-5-4-6-16(31-2)19(13)32-3)28-29-21(17)27-22(26-20)33-15-8-7-12(23)9-14(15)24/h4-9,11,30H,10H2,1-3H3,(H2,25,26,27,28,29)/t11-/m0/s1. The summed E-state index contributed by atoms with van der Waals surface area (Å²) in [6, 6.07) is 8.04. The Morgan fingerprint density at radius 1 is 1.09 bits per heavy atom. The number of methoxy groups -OCH3 is 2. The van der Waals surface area contributed by atoms with Gasteiger partial charge < -0.3 is 24.6 Å². The van der Waals surface area contributed by atoms with Gasteiger partial charge in [0, 0.05) is 18.2 Å². The molecule has 2 heterocycles. The summed E-state index contributed by atoms with van der Waals surface area (Å²) < 4.78 is 43.7. The van der Waals surface area contributed by atoms with Crippen molar-refractivity contribution < 1.29 is 28.1 Å². The lowest BCUT2D eigenvalue weighted by Crippen LogP contribution is -2.16. The van der Waals surface area contributed by atoms with Crippen molar-refractivity contribution in [1.29, 1.82) is 0 Å². The van der Waals surface area contributed by atoms with Crippen LogP contribution in [0.3, 0.4) is 0 Å². The highest BCUT2D eigenvalue weighted by atomic mass is 19.1. The van der Waals surface area contributed by atoms with Crippen molar-refractivity contribution in [2.75, 3.05) is 26.1 Å². The Morgan fingerprint density at radius 2 is 1.91 bits per heavy atom. The molecule has 172 valence electrons. The SMILES string of the molecule is COc1cccc(-c2n[nH]c3nc(Oc4ccc(F)cc4F)nc(NC[C@H](C)O)c23)c1OC. The van der Waals surface area contributed by atoms with Gasteiger partial charge in [0.2, 0.25) is 0 Å². The number of aromatic nitrogens is 4. The minimum Gasteiger partial charge on any atom is -0.493 e. The summed E-state index contributed by atoms with van der Waals surface area (Å²) in [6.45, 7) is 1.77. The number of anilines is 1. The van der Waals surface area contributed by atoms with Crippen molar-refractivity contribution in [3.8, 4) is 34.5 Å². The summed E-state index contributed by atoms with van der Waals surface area (Å²) in [7, 11) is 3.05. The molecule has 0 aliphatic rings. The fraction of sp³-hybridized carbons (Fsp3) is 0.227. The molecule has 0 amide bonds. The van der Waals surface area contributed by atoms with Crippen LogP contribution in [0, 0.1) is 11.6 Å². The molecule has 1 atom stereocenters. The van der Waals surface area contributed by atoms with E-state index in [0.717, 1.165) is 12.1 Å². The third-order valence-electron chi connectivity index (χ3n) is 4.72. The van der Waals surface area contributed by atoms with Gasteiger partial charge in [-0.25, -0.2) is 8.78 Å². The number of H-pyrrole nitrogens is 1. The van der Waals surface area contributed by atoms with Crippen LogP contribution in [0.4, 0.5) is 14.6 Å². The Hall–Kier alpha value is -3.99. The second-order valence-corrected chi connectivity index (χ2v) is 7.10. The molecule has 2 aromatic carbocycles. The number of ether oxygens (including phenoxy) is 3. The highest BCUT2D eigenvalue weighted by Gasteiger charge is 2.22. The number of hydrogen-bond donors (Lipinski definition) is 3. The minimum atomic E-state index is -0.899. The van der Waals surface area contributed by atoms with Gasteiger partial charge in [0.15, 0.2) is 28.7 Å². The number of aromatic amines is 1. The number of nitrogens with one attached hydrogen (secondary N) is 2. The zero-order valence-corrected chi connectivity index (χ0v) is 18.0. The fourth-order valence-electron chi connectivity index (χ4n) is 3.25. The molecule has 0 saturated carbocycles. The smallest absolute Gasteiger partial charge is 0.326 e. The summed E-state index contributed by atoms with van der Waals surface area (Å²) in [6.07, 6.45) is -0.685. The largest absolute Gasteiger partial charge is 0.493 e. The van der Waals surface area contributed by atoms with Crippen LogP contribution < -0.4 is 19.5 Å². The van der Waals surface area contributed by atoms with Gasteiger partial charge in [-0.3, -0.25) is 5.10 Å². The molecule has 0 unspecified atom stereocenters. The Labute approximate surface area is 187 Å². The van der Waals surface area contributed by atoms with Gasteiger partial charge in [-0.2, -0.15) is 15.1 Å². The van der Waals surface area contributed by atoms with Crippen molar-refractivity contribution in [1.82, 2.24) is 20.2 Å². The lowest BCUT2D eigenvalue weighted by Gasteiger charge is -2.13. The van der Waals surface area contributed by atoms with E-state index in [4.69, 9.17) is 14.2 Å². The second kappa shape index (κ2) is 9.25. The van der Waals surface area contributed by atoms with E-state index >= 15 is 0 Å². The quantitative estimate of drug-likeness (QED) is 0.365. The highest BCUT2D eigenvalue weighted by molar-refractivity contribution is 6.00. The minimum absolute atomic E-state index is 0.163. The van der Waals surface area contributed by atoms with Gasteiger partial charge in [0.05, 0.1) is 25.7 Å². The molecular weight excluding hydrogens is 436 g/mol. The Bertz CT molecular complexity index is 1300. The molecule has 4 rings (SSSR count). The van der Waals surface area contributed by atoms with E-state index in [9.17, 15) is 13.9 Å². The number of aliphatic hydroxyl groups excluding tert-OH is 1. The van der Waals surface area contributed by atoms with Gasteiger partial charge in [-0.15, -0.1) is 0 Å². The molecule has 0 radical (unpaired) electrons. The van der Waals surface area contributed by atoms with Crippen LogP contribution in [0.15, 0.2) is 36.4 Å². The predicted octanol–water partition coefficient (Wildman–Crippen LogP) is 3.90. The van der Waals surface area contributed by atoms with Crippen molar-refractivity contribution in [2.24, 2.45) is 0 Å². The van der Waals surface area contributed by atoms with Crippen LogP contribution in [0.5, 0.6) is 23.3 Å². The topological polar surface area (TPSA) is 114 Å². The van der Waals surface area contributed by atoms with E-state index in [1.165, 1.54) is 14.2 Å². The maximum Gasteiger partial charge on any atom is 0.326 e. The first-order valence-corrected chi connectivity index (χ1v) is 9.93. The first-order valence-electron chi connectivity index (χ1n) is 9.93. The molecule has 2 aromatic heterocycles. The summed E-state index contributed by atoms with van der Waals surface area (Å²) in [5.41, 5.74) is 1.37. The Kier molecular flexibility index (Phi) is 6.22. The van der Waals surface area contributed by atoms with Gasteiger partial charge in [-0.1, -0.05) is 6.07 Å². The van der Waals surface area contributed by atoms with Crippen molar-refractivity contribution >= 4 is 16.9 Å². The number of nitrogens with zero attached hydrogens (tertiary/aromatic N) is 3. The summed E-state index contributed by atoms with van der Waals surface area (Å²) in [5, 5.41) is 20.5. The molecule has 33 heavy (non-hydrogen) atoms. The van der Waals surface area contributed by atoms with Gasteiger partial charge in [0.25, 0.3) is 0 Å². The molecule has 4 aromatic rings. The Morgan fingerprint density at radius 3 is 2.61 bits per heavy atom. The second-order valence-electron chi connectivity index (χ2n) is 7.10. The molecule has 0 spiro atoms. The summed E-state index contributed by atoms with van der Waals surface area (Å²) >= 11 is 0. The van der Waals surface area contributed by atoms with E-state index in [1.807, 2.05) is 0 Å². The number of hydrogen-bond acceptors (Lipinski definition) is 8. The third kappa shape index (κ3) is 4.48. The van der Waals surface area contributed by atoms with Crippen LogP contribution in [0.1, 0.15) is 6.92 Å². The van der Waals surface area contributed by atoms with Crippen molar-refractivity contribution in [3.05, 3.63) is 48.0 Å². The van der Waals surface area contributed by atoms with E-state index < -0.39 is 17.7 Å². The van der Waals surface area contributed by atoms with Crippen LogP contribution in [0.2, 0.25) is 0 Å². The predicted molar refractivity (Wildman–Crippen MR) is 117 cm³/mol. The average molecular weight is 457 g/mol. The van der Waals surface area contributed by atoms with Crippen LogP contribution in [-0.4, -0.2) is 52.1 Å². The maximum atomic E-state index is 14.1. The van der Waals surface area contributed by atoms with E-state index in [2.05, 4.69) is 25.5 Å². The summed E-state index contributed by atoms with van der Waals surface area (Å²) in [5.74, 6) is -0.621. The van der Waals surface area contributed by atoms with Crippen molar-refractivity contribution in [3.63, 3.8) is 0 Å². The third-order valence-corrected chi connectivity index (χ3v) is 4.72. The van der Waals surface area contributed by atoms with Crippen molar-refractivity contribution in [2.45, 2.75) is 13.0 Å². The number of halogens is 2. The molecule has 0 aliphatic heterocycles. The van der Waals surface area contributed by atoms with Crippen LogP contribution >= 0.6 is 0 Å². The number of aliphatic hydroxyl groups is 1. The maximum absolute atomic E-state index is 14.1. The Balaban J connectivity index is 1.85. The lowest BCUT2D eigenvalue weighted by atomic mass is 10.1. The fourth-order valence-corrected chi connectivity index (χ4v) is 3.25. The number of para-hydroxylation sites is 1. The lowest BCUT2D eigenvalue weighted by molar-refractivity contribution is 0.208. The number of rotatable bonds is 8. The molecular formula is C22H21F2N5O4. The zero-order valence-electron chi connectivity index (χ0n) is 18.0. The van der Waals surface area contributed by atoms with Gasteiger partial charge >= 0.3 is 6.01 Å². The molecule has 0 aliphatic carbocycles. The molecule has 0 bridgehead atoms. The first kappa shape index (κ1) is 22.2. The molecule has 3 N–H and O–H groups in total. The van der Waals surface area contributed by atoms with Gasteiger partial charge in [0.1, 0.15) is 17.3 Å². The first-order chi connectivity index (χ1) is 15.9. The zero-order chi connectivity index (χ0) is 23.5. The van der Waals surface area contributed by atoms with Gasteiger partial charge in [-0.05, 0) is 31.2 Å². The normalized spacial score (nSPS) is 11.9. The van der Waals surface area contributed by atoms with E-state index in [0.29, 0.717) is 34.2 Å². The number of benzene rings is 2. The average Bonchev–Trinajstić information content (AvgIpc) is 3.22. The molecule has 9 nitrogen and oxygen atoms in total. The summed E-state index contributed by atoms with van der Waals surface area (Å²) in [4.78, 5) is 8.62. The van der Waals surface area contributed by atoms with E-state index in [-0.39, 0.29) is 29.8 Å². The molecule has 0 saturated heterocycles. The van der Waals surface area contributed by atoms with Crippen LogP contribution in [0.25, 0.3) is 22.3 Å². The monoisotopic (exact) mass is 457 g/mol.